The van der Waals surface area contributed by atoms with Gasteiger partial charge in [0.05, 0.1) is 10.2 Å². The van der Waals surface area contributed by atoms with Crippen LogP contribution < -0.4 is 5.32 Å². The lowest BCUT2D eigenvalue weighted by atomic mass is 10.0. The number of nitrogens with one attached hydrogen (secondary N) is 1. The van der Waals surface area contributed by atoms with Gasteiger partial charge < -0.3 is 5.32 Å². The van der Waals surface area contributed by atoms with Gasteiger partial charge in [0.25, 0.3) is 0 Å². The van der Waals surface area contributed by atoms with Crippen LogP contribution in [0.2, 0.25) is 0 Å². The van der Waals surface area contributed by atoms with Gasteiger partial charge in [0.15, 0.2) is 0 Å². The van der Waals surface area contributed by atoms with E-state index in [1.807, 2.05) is 6.92 Å². The van der Waals surface area contributed by atoms with E-state index in [0.29, 0.717) is 11.6 Å². The fraction of sp³-hybridized carbons (Fsp3) is 0.538. The highest BCUT2D eigenvalue weighted by Gasteiger charge is 2.10. The van der Waals surface area contributed by atoms with Gasteiger partial charge in [-0.1, -0.05) is 13.8 Å². The van der Waals surface area contributed by atoms with Gasteiger partial charge >= 0.3 is 0 Å². The molecule has 4 heteroatoms. The monoisotopic (exact) mass is 305 g/mol. The molecule has 1 aromatic carbocycles. The van der Waals surface area contributed by atoms with Crippen LogP contribution in [0, 0.1) is 17.6 Å². The van der Waals surface area contributed by atoms with Gasteiger partial charge in [-0.2, -0.15) is 0 Å². The second-order valence-corrected chi connectivity index (χ2v) is 5.62. The molecule has 17 heavy (non-hydrogen) atoms. The molecule has 0 saturated carbocycles. The molecule has 0 fully saturated rings. The van der Waals surface area contributed by atoms with Crippen LogP contribution in [0.1, 0.15) is 33.6 Å². The van der Waals surface area contributed by atoms with Gasteiger partial charge in [0.1, 0.15) is 11.6 Å². The average molecular weight is 306 g/mol. The van der Waals surface area contributed by atoms with Crippen molar-refractivity contribution in [3.8, 4) is 0 Å². The Labute approximate surface area is 110 Å². The molecule has 0 aromatic heterocycles. The number of benzene rings is 1. The maximum Gasteiger partial charge on any atom is 0.149 e. The Morgan fingerprint density at radius 2 is 1.76 bits per heavy atom. The molecule has 1 unspecified atom stereocenters. The van der Waals surface area contributed by atoms with E-state index in [0.717, 1.165) is 18.9 Å². The van der Waals surface area contributed by atoms with Crippen molar-refractivity contribution in [1.82, 2.24) is 0 Å². The molecular weight excluding hydrogens is 288 g/mol. The maximum absolute atomic E-state index is 13.5. The molecule has 0 bridgehead atoms. The number of anilines is 1. The third-order valence-electron chi connectivity index (χ3n) is 2.59. The van der Waals surface area contributed by atoms with Gasteiger partial charge in [0.2, 0.25) is 0 Å². The molecule has 96 valence electrons. The highest BCUT2D eigenvalue weighted by atomic mass is 79.9. The maximum atomic E-state index is 13.5. The van der Waals surface area contributed by atoms with Crippen molar-refractivity contribution in [3.63, 3.8) is 0 Å². The van der Waals surface area contributed by atoms with E-state index < -0.39 is 11.6 Å². The zero-order chi connectivity index (χ0) is 13.0. The average Bonchev–Trinajstić information content (AvgIpc) is 2.23. The van der Waals surface area contributed by atoms with Crippen molar-refractivity contribution in [2.45, 2.75) is 39.7 Å². The lowest BCUT2D eigenvalue weighted by Gasteiger charge is -2.17. The normalized spacial score (nSPS) is 12.9. The van der Waals surface area contributed by atoms with Crippen molar-refractivity contribution in [2.75, 3.05) is 5.32 Å². The summed E-state index contributed by atoms with van der Waals surface area (Å²) in [5.41, 5.74) is 0.342. The van der Waals surface area contributed by atoms with Gasteiger partial charge in [-0.3, -0.25) is 0 Å². The van der Waals surface area contributed by atoms with Crippen LogP contribution in [0.15, 0.2) is 16.6 Å². The molecule has 1 aromatic rings. The summed E-state index contributed by atoms with van der Waals surface area (Å²) < 4.78 is 26.8. The first-order valence-corrected chi connectivity index (χ1v) is 6.60. The summed E-state index contributed by atoms with van der Waals surface area (Å²) >= 11 is 3.05. The smallest absolute Gasteiger partial charge is 0.149 e. The molecule has 1 N–H and O–H groups in total. The largest absolute Gasteiger partial charge is 0.380 e. The topological polar surface area (TPSA) is 12.0 Å². The Balaban J connectivity index is 2.65. The van der Waals surface area contributed by atoms with Crippen molar-refractivity contribution < 1.29 is 8.78 Å². The lowest BCUT2D eigenvalue weighted by molar-refractivity contribution is 0.524. The summed E-state index contributed by atoms with van der Waals surface area (Å²) in [6.45, 7) is 6.31. The highest BCUT2D eigenvalue weighted by molar-refractivity contribution is 9.10. The van der Waals surface area contributed by atoms with Crippen LogP contribution in [-0.4, -0.2) is 6.04 Å². The van der Waals surface area contributed by atoms with E-state index in [2.05, 4.69) is 35.1 Å². The fourth-order valence-electron chi connectivity index (χ4n) is 1.55. The Bertz CT molecular complexity index is 380. The number of hydrogen-bond donors (Lipinski definition) is 1. The van der Waals surface area contributed by atoms with Crippen LogP contribution >= 0.6 is 15.9 Å². The van der Waals surface area contributed by atoms with Crippen LogP contribution in [0.5, 0.6) is 0 Å². The first-order chi connectivity index (χ1) is 7.90. The quantitative estimate of drug-likeness (QED) is 0.758. The van der Waals surface area contributed by atoms with Gasteiger partial charge in [0, 0.05) is 12.1 Å². The summed E-state index contributed by atoms with van der Waals surface area (Å²) in [6, 6.07) is 2.50. The Morgan fingerprint density at radius 3 is 2.35 bits per heavy atom. The summed E-state index contributed by atoms with van der Waals surface area (Å²) in [4.78, 5) is 0. The molecule has 1 rings (SSSR count). The number of rotatable bonds is 5. The van der Waals surface area contributed by atoms with E-state index in [4.69, 9.17) is 0 Å². The van der Waals surface area contributed by atoms with Crippen molar-refractivity contribution in [2.24, 2.45) is 5.92 Å². The first kappa shape index (κ1) is 14.4. The van der Waals surface area contributed by atoms with E-state index in [1.54, 1.807) is 0 Å². The minimum Gasteiger partial charge on any atom is -0.380 e. The summed E-state index contributed by atoms with van der Waals surface area (Å²) in [7, 11) is 0. The van der Waals surface area contributed by atoms with Crippen LogP contribution in [0.3, 0.4) is 0 Å². The third-order valence-corrected chi connectivity index (χ3v) is 3.20. The summed E-state index contributed by atoms with van der Waals surface area (Å²) in [5.74, 6) is -0.506. The molecule has 0 aliphatic carbocycles. The van der Waals surface area contributed by atoms with Crippen LogP contribution in [0.25, 0.3) is 0 Å². The summed E-state index contributed by atoms with van der Waals surface area (Å²) in [6.07, 6.45) is 2.05. The first-order valence-electron chi connectivity index (χ1n) is 5.81. The van der Waals surface area contributed by atoms with Crippen LogP contribution in [-0.2, 0) is 0 Å². The minimum atomic E-state index is -0.581. The lowest BCUT2D eigenvalue weighted by Crippen LogP contribution is -2.16. The Kier molecular flexibility index (Phi) is 5.37. The molecule has 0 aliphatic rings. The predicted octanol–water partition coefficient (Wildman–Crippen LogP) is 4.96. The standard InChI is InChI=1S/C13H18BrF2N/c1-8(2)4-5-9(3)17-13-6-10(14)11(15)7-12(13)16/h6-9,17H,4-5H2,1-3H3. The predicted molar refractivity (Wildman–Crippen MR) is 71.2 cm³/mol. The highest BCUT2D eigenvalue weighted by Crippen LogP contribution is 2.24. The molecule has 1 nitrogen and oxygen atoms in total. The van der Waals surface area contributed by atoms with E-state index in [1.165, 1.54) is 6.07 Å². The van der Waals surface area contributed by atoms with Crippen molar-refractivity contribution in [3.05, 3.63) is 28.2 Å². The van der Waals surface area contributed by atoms with Gasteiger partial charge in [-0.25, -0.2) is 8.78 Å². The second-order valence-electron chi connectivity index (χ2n) is 4.76. The molecule has 0 saturated heterocycles. The fourth-order valence-corrected chi connectivity index (χ4v) is 1.90. The molecule has 0 amide bonds. The SMILES string of the molecule is CC(C)CCC(C)Nc1cc(Br)c(F)cc1F. The molecule has 0 radical (unpaired) electrons. The van der Waals surface area contributed by atoms with E-state index >= 15 is 0 Å². The molecule has 0 heterocycles. The Hall–Kier alpha value is -0.640. The van der Waals surface area contributed by atoms with Gasteiger partial charge in [-0.15, -0.1) is 0 Å². The van der Waals surface area contributed by atoms with E-state index in [-0.39, 0.29) is 10.5 Å². The Morgan fingerprint density at radius 1 is 1.12 bits per heavy atom. The number of halogens is 3. The molecule has 0 spiro atoms. The third kappa shape index (κ3) is 4.62. The molecular formula is C13H18BrF2N. The minimum absolute atomic E-state index is 0.171. The summed E-state index contributed by atoms with van der Waals surface area (Å²) in [5, 5.41) is 3.06. The van der Waals surface area contributed by atoms with E-state index in [9.17, 15) is 8.78 Å². The van der Waals surface area contributed by atoms with Crippen molar-refractivity contribution in [1.29, 1.82) is 0 Å². The number of hydrogen-bond acceptors (Lipinski definition) is 1. The molecule has 0 aliphatic heterocycles. The zero-order valence-electron chi connectivity index (χ0n) is 10.4. The van der Waals surface area contributed by atoms with Crippen LogP contribution in [0.4, 0.5) is 14.5 Å². The second kappa shape index (κ2) is 6.34. The zero-order valence-corrected chi connectivity index (χ0v) is 11.9. The van der Waals surface area contributed by atoms with Crippen molar-refractivity contribution >= 4 is 21.6 Å². The molecule has 1 atom stereocenters. The van der Waals surface area contributed by atoms with Gasteiger partial charge in [-0.05, 0) is 47.7 Å².